The molecule has 2 heterocycles. The first-order valence-corrected chi connectivity index (χ1v) is 9.03. The quantitative estimate of drug-likeness (QED) is 0.675. The Morgan fingerprint density at radius 1 is 0.963 bits per heavy atom. The second kappa shape index (κ2) is 9.12. The van der Waals surface area contributed by atoms with Crippen molar-refractivity contribution < 1.29 is 13.6 Å². The van der Waals surface area contributed by atoms with Gasteiger partial charge < -0.3 is 9.88 Å². The third kappa shape index (κ3) is 5.26. The molecule has 0 aliphatic carbocycles. The monoisotopic (exact) mass is 368 g/mol. The Balaban J connectivity index is 0.000000299. The maximum Gasteiger partial charge on any atom is 0.227 e. The smallest absolute Gasteiger partial charge is 0.227 e. The number of hydrogen-bond acceptors (Lipinski definition) is 1. The molecule has 1 aliphatic rings. The van der Waals surface area contributed by atoms with Crippen molar-refractivity contribution in [3.63, 3.8) is 0 Å². The van der Waals surface area contributed by atoms with E-state index in [0.717, 1.165) is 37.2 Å². The normalized spacial score (nSPS) is 15.7. The van der Waals surface area contributed by atoms with Gasteiger partial charge in [0.2, 0.25) is 5.91 Å². The molecule has 0 spiro atoms. The van der Waals surface area contributed by atoms with Gasteiger partial charge in [-0.2, -0.15) is 0 Å². The molecule has 140 valence electrons. The summed E-state index contributed by atoms with van der Waals surface area (Å²) in [4.78, 5) is 12.3. The van der Waals surface area contributed by atoms with E-state index in [1.54, 1.807) is 0 Å². The van der Waals surface area contributed by atoms with Crippen LogP contribution in [0.4, 0.5) is 14.5 Å². The highest BCUT2D eigenvalue weighted by atomic mass is 19.2. The highest BCUT2D eigenvalue weighted by Crippen LogP contribution is 2.22. The number of halogens is 2. The van der Waals surface area contributed by atoms with Gasteiger partial charge >= 0.3 is 0 Å². The summed E-state index contributed by atoms with van der Waals surface area (Å²) in [6.07, 6.45) is 4.40. The van der Waals surface area contributed by atoms with Crippen LogP contribution in [0, 0.1) is 17.6 Å². The lowest BCUT2D eigenvalue weighted by molar-refractivity contribution is -0.120. The molecule has 3 aromatic rings. The topological polar surface area (TPSA) is 34.0 Å². The molecule has 1 atom stereocenters. The van der Waals surface area contributed by atoms with E-state index >= 15 is 0 Å². The van der Waals surface area contributed by atoms with Gasteiger partial charge in [0, 0.05) is 36.1 Å². The fourth-order valence-electron chi connectivity index (χ4n) is 3.14. The number of nitrogens with one attached hydrogen (secondary N) is 1. The molecule has 5 heteroatoms. The van der Waals surface area contributed by atoms with E-state index in [9.17, 15) is 13.6 Å². The first kappa shape index (κ1) is 18.8. The number of hydrogen-bond donors (Lipinski definition) is 1. The largest absolute Gasteiger partial charge is 0.351 e. The predicted octanol–water partition coefficient (Wildman–Crippen LogP) is 5.04. The van der Waals surface area contributed by atoms with E-state index < -0.39 is 11.6 Å². The average Bonchev–Trinajstić information content (AvgIpc) is 3.03. The summed E-state index contributed by atoms with van der Waals surface area (Å²) in [5, 5.41) is 2.68. The summed E-state index contributed by atoms with van der Waals surface area (Å²) in [6, 6.07) is 19.4. The van der Waals surface area contributed by atoms with Crippen LogP contribution in [0.2, 0.25) is 0 Å². The second-order valence-corrected chi connectivity index (χ2v) is 6.51. The van der Waals surface area contributed by atoms with Crippen LogP contribution < -0.4 is 5.32 Å². The first-order valence-electron chi connectivity index (χ1n) is 9.03. The molecule has 0 saturated carbocycles. The van der Waals surface area contributed by atoms with Crippen molar-refractivity contribution in [2.24, 2.45) is 5.92 Å². The molecule has 1 aromatic heterocycles. The number of aryl methyl sites for hydroxylation is 1. The van der Waals surface area contributed by atoms with Crippen molar-refractivity contribution in [2.75, 3.05) is 5.32 Å². The molecule has 27 heavy (non-hydrogen) atoms. The summed E-state index contributed by atoms with van der Waals surface area (Å²) >= 11 is 0. The van der Waals surface area contributed by atoms with Crippen LogP contribution in [0.3, 0.4) is 0 Å². The van der Waals surface area contributed by atoms with Gasteiger partial charge in [-0.1, -0.05) is 36.4 Å². The Morgan fingerprint density at radius 2 is 1.67 bits per heavy atom. The number of aromatic nitrogens is 1. The Bertz CT molecular complexity index is 850. The van der Waals surface area contributed by atoms with Gasteiger partial charge in [0.25, 0.3) is 0 Å². The molecular weight excluding hydrogens is 346 g/mol. The number of anilines is 1. The maximum atomic E-state index is 13.2. The molecule has 1 amide bonds. The first-order chi connectivity index (χ1) is 13.1. The van der Waals surface area contributed by atoms with Crippen LogP contribution in [0.1, 0.15) is 18.5 Å². The van der Waals surface area contributed by atoms with Crippen LogP contribution >= 0.6 is 0 Å². The number of fused-ring (bicyclic) bond motifs is 1. The lowest BCUT2D eigenvalue weighted by Crippen LogP contribution is -2.24. The third-order valence-corrected chi connectivity index (χ3v) is 4.56. The predicted molar refractivity (Wildman–Crippen MR) is 102 cm³/mol. The zero-order chi connectivity index (χ0) is 19.1. The molecule has 1 N–H and O–H groups in total. The average molecular weight is 368 g/mol. The van der Waals surface area contributed by atoms with E-state index in [-0.39, 0.29) is 11.8 Å². The fraction of sp³-hybridized carbons (Fsp3) is 0.227. The Labute approximate surface area is 157 Å². The van der Waals surface area contributed by atoms with Crippen LogP contribution in [0.5, 0.6) is 0 Å². The second-order valence-electron chi connectivity index (χ2n) is 6.51. The molecule has 2 aromatic carbocycles. The standard InChI is InChI=1S/C16H16F2N2O.C6H6/c17-14-6-5-12(10-15(14)18)19-16(21)11-3-1-7-20-8-2-4-13(20)9-11;1-2-4-6-5-3-1/h2,4-6,8,10-11H,1,3,7,9H2,(H,19,21);1-6H. The minimum absolute atomic E-state index is 0.143. The van der Waals surface area contributed by atoms with E-state index in [4.69, 9.17) is 0 Å². The summed E-state index contributed by atoms with van der Waals surface area (Å²) in [5.74, 6) is -2.16. The van der Waals surface area contributed by atoms with Gasteiger partial charge in [0.05, 0.1) is 0 Å². The minimum Gasteiger partial charge on any atom is -0.351 e. The molecule has 0 bridgehead atoms. The number of benzene rings is 2. The van der Waals surface area contributed by atoms with Crippen molar-refractivity contribution >= 4 is 11.6 Å². The molecule has 0 fully saturated rings. The summed E-state index contributed by atoms with van der Waals surface area (Å²) in [7, 11) is 0. The number of amides is 1. The van der Waals surface area contributed by atoms with Crippen LogP contribution in [-0.2, 0) is 17.8 Å². The zero-order valence-electron chi connectivity index (χ0n) is 14.9. The Kier molecular flexibility index (Phi) is 6.36. The summed E-state index contributed by atoms with van der Waals surface area (Å²) in [5.41, 5.74) is 1.43. The van der Waals surface area contributed by atoms with Gasteiger partial charge in [0.1, 0.15) is 0 Å². The molecule has 3 nitrogen and oxygen atoms in total. The van der Waals surface area contributed by atoms with E-state index in [1.807, 2.05) is 54.7 Å². The van der Waals surface area contributed by atoms with E-state index in [1.165, 1.54) is 6.07 Å². The van der Waals surface area contributed by atoms with Gasteiger partial charge in [-0.25, -0.2) is 8.78 Å². The minimum atomic E-state index is -0.956. The number of carbonyl (C=O) groups excluding carboxylic acids is 1. The molecule has 4 rings (SSSR count). The van der Waals surface area contributed by atoms with Crippen LogP contribution in [0.25, 0.3) is 0 Å². The zero-order valence-corrected chi connectivity index (χ0v) is 14.9. The molecule has 1 aliphatic heterocycles. The fourth-order valence-corrected chi connectivity index (χ4v) is 3.14. The molecule has 1 unspecified atom stereocenters. The van der Waals surface area contributed by atoms with Crippen molar-refractivity contribution in [3.05, 3.63) is 90.3 Å². The van der Waals surface area contributed by atoms with Crippen LogP contribution in [-0.4, -0.2) is 10.5 Å². The number of nitrogens with zero attached hydrogens (tertiary/aromatic N) is 1. The van der Waals surface area contributed by atoms with E-state index in [2.05, 4.69) is 9.88 Å². The third-order valence-electron chi connectivity index (χ3n) is 4.56. The van der Waals surface area contributed by atoms with Crippen molar-refractivity contribution in [3.8, 4) is 0 Å². The maximum absolute atomic E-state index is 13.2. The number of carbonyl (C=O) groups is 1. The van der Waals surface area contributed by atoms with Crippen molar-refractivity contribution in [1.29, 1.82) is 0 Å². The van der Waals surface area contributed by atoms with Crippen molar-refractivity contribution in [1.82, 2.24) is 4.57 Å². The molecular formula is C22H22F2N2O. The van der Waals surface area contributed by atoms with E-state index in [0.29, 0.717) is 12.1 Å². The van der Waals surface area contributed by atoms with Gasteiger partial charge in [-0.05, 0) is 43.5 Å². The number of rotatable bonds is 2. The van der Waals surface area contributed by atoms with Crippen LogP contribution in [0.15, 0.2) is 72.9 Å². The lowest BCUT2D eigenvalue weighted by Gasteiger charge is -2.14. The lowest BCUT2D eigenvalue weighted by atomic mass is 9.98. The highest BCUT2D eigenvalue weighted by molar-refractivity contribution is 5.92. The van der Waals surface area contributed by atoms with Crippen molar-refractivity contribution in [2.45, 2.75) is 25.8 Å². The Hall–Kier alpha value is -2.95. The van der Waals surface area contributed by atoms with Gasteiger partial charge in [-0.3, -0.25) is 4.79 Å². The SMILES string of the molecule is O=C(Nc1ccc(F)c(F)c1)C1CCCn2cccc2C1.c1ccccc1. The van der Waals surface area contributed by atoms with Gasteiger partial charge in [-0.15, -0.1) is 0 Å². The Morgan fingerprint density at radius 3 is 2.33 bits per heavy atom. The molecule has 0 radical (unpaired) electrons. The van der Waals surface area contributed by atoms with Gasteiger partial charge in [0.15, 0.2) is 11.6 Å². The summed E-state index contributed by atoms with van der Waals surface area (Å²) in [6.45, 7) is 0.914. The summed E-state index contributed by atoms with van der Waals surface area (Å²) < 4.78 is 28.2. The molecule has 0 saturated heterocycles. The highest BCUT2D eigenvalue weighted by Gasteiger charge is 2.23.